The third-order valence-corrected chi connectivity index (χ3v) is 6.56. The van der Waals surface area contributed by atoms with Crippen LogP contribution in [0.4, 0.5) is 0 Å². The summed E-state index contributed by atoms with van der Waals surface area (Å²) in [6, 6.07) is 8.06. The van der Waals surface area contributed by atoms with E-state index in [0.717, 1.165) is 46.2 Å². The summed E-state index contributed by atoms with van der Waals surface area (Å²) in [5, 5.41) is 12.3. The minimum atomic E-state index is -0.490. The number of likely N-dealkylation sites (N-methyl/N-ethyl adjacent to an activating group) is 1. The molecule has 0 spiro atoms. The molecule has 5 rings (SSSR count). The van der Waals surface area contributed by atoms with Crippen molar-refractivity contribution in [2.45, 2.75) is 25.0 Å². The van der Waals surface area contributed by atoms with Gasteiger partial charge in [-0.15, -0.1) is 6.58 Å². The molecule has 0 aliphatic carbocycles. The first-order valence-electron chi connectivity index (χ1n) is 9.13. The van der Waals surface area contributed by atoms with E-state index >= 15 is 0 Å². The molecular formula is C21H27N2O2+. The Balaban J connectivity index is 1.73. The van der Waals surface area contributed by atoms with Crippen LogP contribution in [0.25, 0.3) is 10.9 Å². The quantitative estimate of drug-likeness (QED) is 0.686. The van der Waals surface area contributed by atoms with Crippen molar-refractivity contribution in [3.05, 3.63) is 48.7 Å². The molecule has 2 aromatic rings. The summed E-state index contributed by atoms with van der Waals surface area (Å²) < 4.78 is 6.31. The number of rotatable bonds is 4. The van der Waals surface area contributed by atoms with Crippen molar-refractivity contribution >= 4 is 10.9 Å². The van der Waals surface area contributed by atoms with Crippen LogP contribution in [0.3, 0.4) is 0 Å². The first kappa shape index (κ1) is 16.6. The average Bonchev–Trinajstić information content (AvgIpc) is 2.66. The zero-order valence-corrected chi connectivity index (χ0v) is 15.1. The zero-order chi connectivity index (χ0) is 17.6. The second-order valence-electron chi connectivity index (χ2n) is 7.87. The predicted molar refractivity (Wildman–Crippen MR) is 99.4 cm³/mol. The van der Waals surface area contributed by atoms with Gasteiger partial charge in [-0.2, -0.15) is 0 Å². The fourth-order valence-electron chi connectivity index (χ4n) is 5.03. The van der Waals surface area contributed by atoms with Crippen LogP contribution >= 0.6 is 0 Å². The summed E-state index contributed by atoms with van der Waals surface area (Å²) in [6.45, 7) is 6.26. The molecule has 4 heterocycles. The van der Waals surface area contributed by atoms with E-state index in [0.29, 0.717) is 11.8 Å². The Labute approximate surface area is 149 Å². The molecule has 3 aliphatic rings. The molecule has 0 saturated carbocycles. The zero-order valence-electron chi connectivity index (χ0n) is 15.1. The molecule has 0 radical (unpaired) electrons. The molecule has 0 amide bonds. The van der Waals surface area contributed by atoms with Gasteiger partial charge < -0.3 is 14.3 Å². The van der Waals surface area contributed by atoms with E-state index < -0.39 is 6.10 Å². The third kappa shape index (κ3) is 2.64. The molecule has 25 heavy (non-hydrogen) atoms. The van der Waals surface area contributed by atoms with Crippen molar-refractivity contribution in [2.24, 2.45) is 11.8 Å². The highest BCUT2D eigenvalue weighted by atomic mass is 16.5. The third-order valence-electron chi connectivity index (χ3n) is 6.56. The topological polar surface area (TPSA) is 42.4 Å². The monoisotopic (exact) mass is 339 g/mol. The molecule has 3 unspecified atom stereocenters. The average molecular weight is 339 g/mol. The number of fused-ring (bicyclic) bond motifs is 4. The number of piperidine rings is 3. The maximum atomic E-state index is 11.3. The SMILES string of the molecule is C=CC1C[N@@+]2(C)CCC1CC2[C@@H](O)c1ccnc2ccc(OC)cc12. The lowest BCUT2D eigenvalue weighted by Gasteiger charge is -2.56. The number of methoxy groups -OCH3 is 1. The summed E-state index contributed by atoms with van der Waals surface area (Å²) in [4.78, 5) is 4.45. The molecule has 3 fully saturated rings. The second-order valence-corrected chi connectivity index (χ2v) is 7.87. The highest BCUT2D eigenvalue weighted by Gasteiger charge is 2.51. The van der Waals surface area contributed by atoms with Gasteiger partial charge in [0.2, 0.25) is 0 Å². The largest absolute Gasteiger partial charge is 0.497 e. The number of aromatic nitrogens is 1. The van der Waals surface area contributed by atoms with Crippen LogP contribution in [0.15, 0.2) is 43.1 Å². The van der Waals surface area contributed by atoms with E-state index in [1.54, 1.807) is 13.3 Å². The number of nitrogens with zero attached hydrogens (tertiary/aromatic N) is 2. The maximum absolute atomic E-state index is 11.3. The summed E-state index contributed by atoms with van der Waals surface area (Å²) in [5.41, 5.74) is 1.87. The number of aliphatic hydroxyl groups is 1. The van der Waals surface area contributed by atoms with E-state index in [9.17, 15) is 5.11 Å². The predicted octanol–water partition coefficient (Wildman–Crippen LogP) is 3.32. The standard InChI is InChI=1S/C21H27N2O2/c1-4-14-13-23(2)10-8-15(14)11-20(23)21(24)17-7-9-22-19-6-5-16(25-3)12-18(17)19/h4-7,9,12,14-15,20-21,24H,1,8,10-11,13H2,2-3H3/q+1/t14?,15?,20?,21-,23+/m0/s1. The van der Waals surface area contributed by atoms with Crippen molar-refractivity contribution in [3.8, 4) is 5.75 Å². The van der Waals surface area contributed by atoms with Gasteiger partial charge in [-0.25, -0.2) is 0 Å². The van der Waals surface area contributed by atoms with Crippen LogP contribution in [0.2, 0.25) is 0 Å². The van der Waals surface area contributed by atoms with Crippen molar-refractivity contribution in [2.75, 3.05) is 27.2 Å². The first-order valence-corrected chi connectivity index (χ1v) is 9.13. The first-order chi connectivity index (χ1) is 12.1. The Morgan fingerprint density at radius 1 is 1.40 bits per heavy atom. The summed E-state index contributed by atoms with van der Waals surface area (Å²) >= 11 is 0. The molecule has 1 N–H and O–H groups in total. The fraction of sp³-hybridized carbons (Fsp3) is 0.476. The van der Waals surface area contributed by atoms with Gasteiger partial charge in [0.1, 0.15) is 17.9 Å². The summed E-state index contributed by atoms with van der Waals surface area (Å²) in [6.07, 6.45) is 5.73. The number of hydrogen-bond donors (Lipinski definition) is 1. The maximum Gasteiger partial charge on any atom is 0.131 e. The van der Waals surface area contributed by atoms with Gasteiger partial charge in [0, 0.05) is 30.3 Å². The van der Waals surface area contributed by atoms with Crippen LogP contribution < -0.4 is 4.74 Å². The number of benzene rings is 1. The van der Waals surface area contributed by atoms with Crippen LogP contribution in [-0.4, -0.2) is 47.9 Å². The number of quaternary nitrogens is 1. The molecule has 132 valence electrons. The van der Waals surface area contributed by atoms with Crippen molar-refractivity contribution in [1.29, 1.82) is 0 Å². The molecule has 1 aromatic heterocycles. The lowest BCUT2D eigenvalue weighted by Crippen LogP contribution is -2.66. The van der Waals surface area contributed by atoms with E-state index in [2.05, 4.69) is 24.7 Å². The van der Waals surface area contributed by atoms with Gasteiger partial charge >= 0.3 is 0 Å². The van der Waals surface area contributed by atoms with E-state index in [-0.39, 0.29) is 6.04 Å². The van der Waals surface area contributed by atoms with Gasteiger partial charge in [-0.3, -0.25) is 4.98 Å². The molecule has 4 nitrogen and oxygen atoms in total. The van der Waals surface area contributed by atoms with Crippen LogP contribution in [0, 0.1) is 11.8 Å². The van der Waals surface area contributed by atoms with Crippen LogP contribution in [0.5, 0.6) is 5.75 Å². The fourth-order valence-corrected chi connectivity index (χ4v) is 5.03. The Kier molecular flexibility index (Phi) is 4.05. The van der Waals surface area contributed by atoms with Gasteiger partial charge in [-0.1, -0.05) is 6.08 Å². The molecule has 2 bridgehead atoms. The van der Waals surface area contributed by atoms with Gasteiger partial charge in [0.15, 0.2) is 0 Å². The van der Waals surface area contributed by atoms with E-state index in [1.807, 2.05) is 24.3 Å². The highest BCUT2D eigenvalue weighted by Crippen LogP contribution is 2.45. The molecule has 5 atom stereocenters. The minimum absolute atomic E-state index is 0.228. The number of pyridine rings is 1. The molecule has 4 heteroatoms. The summed E-state index contributed by atoms with van der Waals surface area (Å²) in [5.74, 6) is 2.03. The van der Waals surface area contributed by atoms with Crippen molar-refractivity contribution in [3.63, 3.8) is 0 Å². The normalized spacial score (nSPS) is 32.5. The van der Waals surface area contributed by atoms with Gasteiger partial charge in [-0.05, 0) is 35.7 Å². The van der Waals surface area contributed by atoms with Gasteiger partial charge in [0.05, 0.1) is 32.8 Å². The Bertz CT molecular complexity index is 806. The Hall–Kier alpha value is -1.91. The highest BCUT2D eigenvalue weighted by molar-refractivity contribution is 5.83. The molecule has 1 aromatic carbocycles. The van der Waals surface area contributed by atoms with E-state index in [1.165, 1.54) is 6.42 Å². The lowest BCUT2D eigenvalue weighted by atomic mass is 9.72. The van der Waals surface area contributed by atoms with E-state index in [4.69, 9.17) is 4.74 Å². The number of ether oxygens (including phenoxy) is 1. The van der Waals surface area contributed by atoms with Crippen LogP contribution in [-0.2, 0) is 0 Å². The van der Waals surface area contributed by atoms with Gasteiger partial charge in [0.25, 0.3) is 0 Å². The smallest absolute Gasteiger partial charge is 0.131 e. The van der Waals surface area contributed by atoms with Crippen molar-refractivity contribution in [1.82, 2.24) is 4.98 Å². The second kappa shape index (κ2) is 6.11. The summed E-state index contributed by atoms with van der Waals surface area (Å²) in [7, 11) is 3.96. The molecule has 3 saturated heterocycles. The van der Waals surface area contributed by atoms with Crippen LogP contribution in [0.1, 0.15) is 24.5 Å². The minimum Gasteiger partial charge on any atom is -0.497 e. The Morgan fingerprint density at radius 2 is 2.24 bits per heavy atom. The number of hydrogen-bond acceptors (Lipinski definition) is 3. The Morgan fingerprint density at radius 3 is 2.96 bits per heavy atom. The van der Waals surface area contributed by atoms with Crippen molar-refractivity contribution < 1.29 is 14.3 Å². The molecular weight excluding hydrogens is 312 g/mol. The molecule has 3 aliphatic heterocycles. The number of aliphatic hydroxyl groups excluding tert-OH is 1. The lowest BCUT2D eigenvalue weighted by molar-refractivity contribution is -0.956.